The van der Waals surface area contributed by atoms with Crippen LogP contribution in [-0.4, -0.2) is 0 Å². The monoisotopic (exact) mass is 261 g/mol. The first-order chi connectivity index (χ1) is 7.29. The third-order valence-electron chi connectivity index (χ3n) is 2.34. The van der Waals surface area contributed by atoms with Gasteiger partial charge in [-0.1, -0.05) is 46.3 Å². The summed E-state index contributed by atoms with van der Waals surface area (Å²) in [5.41, 5.74) is 9.21. The Labute approximate surface area is 98.1 Å². The normalized spacial score (nSPS) is 10.3. The van der Waals surface area contributed by atoms with Gasteiger partial charge in [-0.05, 0) is 34.9 Å². The summed E-state index contributed by atoms with van der Waals surface area (Å²) in [4.78, 5) is 0. The Morgan fingerprint density at radius 3 is 2.33 bits per heavy atom. The van der Waals surface area contributed by atoms with Crippen LogP contribution < -0.4 is 5.73 Å². The van der Waals surface area contributed by atoms with Gasteiger partial charge in [-0.15, -0.1) is 0 Å². The van der Waals surface area contributed by atoms with Crippen molar-refractivity contribution in [1.29, 1.82) is 0 Å². The van der Waals surface area contributed by atoms with Crippen molar-refractivity contribution in [3.63, 3.8) is 0 Å². The smallest absolute Gasteiger partial charge is 0.0178 e. The number of nitrogens with two attached hydrogens (primary N) is 1. The van der Waals surface area contributed by atoms with Crippen LogP contribution in [0.15, 0.2) is 53.0 Å². The van der Waals surface area contributed by atoms with Crippen LogP contribution in [0.2, 0.25) is 0 Å². The second kappa shape index (κ2) is 4.60. The summed E-state index contributed by atoms with van der Waals surface area (Å²) in [6, 6.07) is 16.6. The minimum atomic E-state index is 0.588. The first-order valence-electron chi connectivity index (χ1n) is 4.84. The molecule has 0 aliphatic carbocycles. The molecule has 0 unspecified atom stereocenters. The predicted molar refractivity (Wildman–Crippen MR) is 67.5 cm³/mol. The lowest BCUT2D eigenvalue weighted by Gasteiger charge is -2.04. The summed E-state index contributed by atoms with van der Waals surface area (Å²) >= 11 is 3.43. The maximum Gasteiger partial charge on any atom is 0.0178 e. The minimum absolute atomic E-state index is 0.588. The van der Waals surface area contributed by atoms with E-state index in [4.69, 9.17) is 5.73 Å². The van der Waals surface area contributed by atoms with Gasteiger partial charge in [0.1, 0.15) is 0 Å². The summed E-state index contributed by atoms with van der Waals surface area (Å²) in [6.07, 6.45) is 0. The molecule has 0 saturated carbocycles. The van der Waals surface area contributed by atoms with E-state index < -0.39 is 0 Å². The van der Waals surface area contributed by atoms with E-state index in [1.54, 1.807) is 0 Å². The Balaban J connectivity index is 2.40. The van der Waals surface area contributed by atoms with Crippen LogP contribution in [0.4, 0.5) is 0 Å². The van der Waals surface area contributed by atoms with Crippen LogP contribution in [0.3, 0.4) is 0 Å². The second-order valence-electron chi connectivity index (χ2n) is 3.41. The molecule has 0 aliphatic rings. The summed E-state index contributed by atoms with van der Waals surface area (Å²) in [7, 11) is 0. The van der Waals surface area contributed by atoms with Gasteiger partial charge in [0.15, 0.2) is 0 Å². The Morgan fingerprint density at radius 1 is 0.933 bits per heavy atom. The third kappa shape index (κ3) is 2.46. The minimum Gasteiger partial charge on any atom is -0.326 e. The first-order valence-corrected chi connectivity index (χ1v) is 5.64. The van der Waals surface area contributed by atoms with Gasteiger partial charge < -0.3 is 5.73 Å². The SMILES string of the molecule is NCc1cccc(-c2ccc(Br)cc2)c1. The summed E-state index contributed by atoms with van der Waals surface area (Å²) in [6.45, 7) is 0.588. The third-order valence-corrected chi connectivity index (χ3v) is 2.87. The van der Waals surface area contributed by atoms with Crippen LogP contribution >= 0.6 is 15.9 Å². The molecule has 76 valence electrons. The fourth-order valence-electron chi connectivity index (χ4n) is 1.52. The number of halogens is 1. The average molecular weight is 262 g/mol. The van der Waals surface area contributed by atoms with Gasteiger partial charge in [0.05, 0.1) is 0 Å². The summed E-state index contributed by atoms with van der Waals surface area (Å²) < 4.78 is 1.10. The van der Waals surface area contributed by atoms with Gasteiger partial charge in [0.2, 0.25) is 0 Å². The highest BCUT2D eigenvalue weighted by Crippen LogP contribution is 2.22. The van der Waals surface area contributed by atoms with Crippen LogP contribution in [0.5, 0.6) is 0 Å². The predicted octanol–water partition coefficient (Wildman–Crippen LogP) is 3.57. The molecule has 0 atom stereocenters. The largest absolute Gasteiger partial charge is 0.326 e. The lowest BCUT2D eigenvalue weighted by atomic mass is 10.0. The van der Waals surface area contributed by atoms with Gasteiger partial charge in [0, 0.05) is 11.0 Å². The van der Waals surface area contributed by atoms with Crippen molar-refractivity contribution in [2.24, 2.45) is 5.73 Å². The molecule has 2 aromatic carbocycles. The highest BCUT2D eigenvalue weighted by Gasteiger charge is 1.98. The molecular weight excluding hydrogens is 250 g/mol. The zero-order valence-electron chi connectivity index (χ0n) is 8.28. The van der Waals surface area contributed by atoms with E-state index in [0.29, 0.717) is 6.54 Å². The van der Waals surface area contributed by atoms with Crippen LogP contribution in [0.1, 0.15) is 5.56 Å². The Morgan fingerprint density at radius 2 is 1.67 bits per heavy atom. The van der Waals surface area contributed by atoms with Gasteiger partial charge in [-0.3, -0.25) is 0 Å². The quantitative estimate of drug-likeness (QED) is 0.879. The zero-order chi connectivity index (χ0) is 10.7. The lowest BCUT2D eigenvalue weighted by molar-refractivity contribution is 1.07. The van der Waals surface area contributed by atoms with E-state index in [2.05, 4.69) is 40.2 Å². The van der Waals surface area contributed by atoms with Crippen molar-refractivity contribution >= 4 is 15.9 Å². The zero-order valence-corrected chi connectivity index (χ0v) is 9.87. The van der Waals surface area contributed by atoms with Crippen molar-refractivity contribution in [3.05, 3.63) is 58.6 Å². The topological polar surface area (TPSA) is 26.0 Å². The van der Waals surface area contributed by atoms with Crippen LogP contribution in [-0.2, 0) is 6.54 Å². The molecule has 0 aromatic heterocycles. The molecule has 0 fully saturated rings. The van der Waals surface area contributed by atoms with Crippen LogP contribution in [0.25, 0.3) is 11.1 Å². The lowest BCUT2D eigenvalue weighted by Crippen LogP contribution is -1.95. The maximum absolute atomic E-state index is 5.61. The Bertz CT molecular complexity index is 448. The van der Waals surface area contributed by atoms with Gasteiger partial charge in [-0.25, -0.2) is 0 Å². The molecule has 0 spiro atoms. The molecule has 0 amide bonds. The van der Waals surface area contributed by atoms with Crippen molar-refractivity contribution in [2.75, 3.05) is 0 Å². The van der Waals surface area contributed by atoms with Crippen molar-refractivity contribution < 1.29 is 0 Å². The fourth-order valence-corrected chi connectivity index (χ4v) is 1.78. The average Bonchev–Trinajstić information content (AvgIpc) is 2.30. The van der Waals surface area contributed by atoms with Gasteiger partial charge >= 0.3 is 0 Å². The van der Waals surface area contributed by atoms with Crippen LogP contribution in [0, 0.1) is 0 Å². The van der Waals surface area contributed by atoms with E-state index in [9.17, 15) is 0 Å². The fraction of sp³-hybridized carbons (Fsp3) is 0.0769. The summed E-state index contributed by atoms with van der Waals surface area (Å²) in [5.74, 6) is 0. The second-order valence-corrected chi connectivity index (χ2v) is 4.33. The molecular formula is C13H12BrN. The van der Waals surface area contributed by atoms with Crippen molar-refractivity contribution in [1.82, 2.24) is 0 Å². The van der Waals surface area contributed by atoms with Crippen molar-refractivity contribution in [2.45, 2.75) is 6.54 Å². The number of rotatable bonds is 2. The van der Waals surface area contributed by atoms with E-state index in [1.165, 1.54) is 11.1 Å². The molecule has 2 N–H and O–H groups in total. The Kier molecular flexibility index (Phi) is 3.19. The maximum atomic E-state index is 5.61. The van der Waals surface area contributed by atoms with Gasteiger partial charge in [-0.2, -0.15) is 0 Å². The molecule has 0 saturated heterocycles. The molecule has 0 radical (unpaired) electrons. The molecule has 15 heavy (non-hydrogen) atoms. The van der Waals surface area contributed by atoms with E-state index in [-0.39, 0.29) is 0 Å². The first kappa shape index (κ1) is 10.4. The highest BCUT2D eigenvalue weighted by molar-refractivity contribution is 9.10. The standard InChI is InChI=1S/C13H12BrN/c14-13-6-4-11(5-7-13)12-3-1-2-10(8-12)9-15/h1-8H,9,15H2. The molecule has 0 heterocycles. The van der Waals surface area contributed by atoms with Gasteiger partial charge in [0.25, 0.3) is 0 Å². The number of hydrogen-bond acceptors (Lipinski definition) is 1. The molecule has 2 heteroatoms. The van der Waals surface area contributed by atoms with E-state index in [1.807, 2.05) is 24.3 Å². The Hall–Kier alpha value is -1.12. The number of hydrogen-bond donors (Lipinski definition) is 1. The number of benzene rings is 2. The highest BCUT2D eigenvalue weighted by atomic mass is 79.9. The molecule has 0 bridgehead atoms. The molecule has 2 aromatic rings. The molecule has 2 rings (SSSR count). The van der Waals surface area contributed by atoms with E-state index in [0.717, 1.165) is 10.0 Å². The summed E-state index contributed by atoms with van der Waals surface area (Å²) in [5, 5.41) is 0. The van der Waals surface area contributed by atoms with Crippen molar-refractivity contribution in [3.8, 4) is 11.1 Å². The molecule has 1 nitrogen and oxygen atoms in total. The molecule has 0 aliphatic heterocycles. The van der Waals surface area contributed by atoms with E-state index >= 15 is 0 Å².